The number of amides is 1. The molecule has 0 spiro atoms. The number of thiocarbonyl (C=S) groups is 1. The zero-order chi connectivity index (χ0) is 10.0. The van der Waals surface area contributed by atoms with E-state index in [1.165, 1.54) is 4.90 Å². The number of carboxylic acid groups (broad SMARTS) is 1. The van der Waals surface area contributed by atoms with E-state index in [0.29, 0.717) is 4.32 Å². The van der Waals surface area contributed by atoms with Gasteiger partial charge in [0.1, 0.15) is 10.9 Å². The second-order valence-electron chi connectivity index (χ2n) is 2.56. The molecule has 1 rings (SSSR count). The van der Waals surface area contributed by atoms with Gasteiger partial charge in [0, 0.05) is 18.8 Å². The summed E-state index contributed by atoms with van der Waals surface area (Å²) in [5, 5.41) is 8.18. The lowest BCUT2D eigenvalue weighted by Crippen LogP contribution is -2.47. The molecular formula is C6H8N2O3S2. The van der Waals surface area contributed by atoms with Crippen LogP contribution in [-0.2, 0) is 4.79 Å². The minimum Gasteiger partial charge on any atom is -0.480 e. The topological polar surface area (TPSA) is 60.9 Å². The zero-order valence-corrected chi connectivity index (χ0v) is 8.52. The fraction of sp³-hybridized carbons (Fsp3) is 0.500. The standard InChI is InChI=1S/C6H8N2O3S2/c1-7-3-8(2-4(9)10)5(11)13-6(7)12/h2-3H2,1H3,(H,9,10). The summed E-state index contributed by atoms with van der Waals surface area (Å²) in [7, 11) is 1.72. The SMILES string of the molecule is CN1CN(CC(=O)O)C(=O)SC1=S. The molecule has 0 aromatic carbocycles. The number of rotatable bonds is 2. The van der Waals surface area contributed by atoms with E-state index in [4.69, 9.17) is 17.3 Å². The van der Waals surface area contributed by atoms with Crippen molar-refractivity contribution >= 4 is 39.5 Å². The van der Waals surface area contributed by atoms with Crippen LogP contribution in [0, 0.1) is 0 Å². The summed E-state index contributed by atoms with van der Waals surface area (Å²) in [6.07, 6.45) is 0. The van der Waals surface area contributed by atoms with Gasteiger partial charge in [0.2, 0.25) is 0 Å². The number of carboxylic acids is 1. The zero-order valence-electron chi connectivity index (χ0n) is 6.89. The van der Waals surface area contributed by atoms with Gasteiger partial charge in [0.25, 0.3) is 5.24 Å². The van der Waals surface area contributed by atoms with Gasteiger partial charge in [-0.15, -0.1) is 0 Å². The fourth-order valence-corrected chi connectivity index (χ4v) is 1.75. The number of nitrogens with zero attached hydrogens (tertiary/aromatic N) is 2. The Morgan fingerprint density at radius 2 is 2.38 bits per heavy atom. The highest BCUT2D eigenvalue weighted by Crippen LogP contribution is 2.19. The number of carbonyl (C=O) groups is 2. The van der Waals surface area contributed by atoms with Gasteiger partial charge in [-0.3, -0.25) is 9.59 Å². The van der Waals surface area contributed by atoms with Crippen molar-refractivity contribution in [2.75, 3.05) is 20.3 Å². The Kier molecular flexibility index (Phi) is 3.10. The molecule has 7 heteroatoms. The molecule has 0 aromatic heterocycles. The van der Waals surface area contributed by atoms with Gasteiger partial charge in [-0.2, -0.15) is 0 Å². The molecule has 0 aromatic rings. The quantitative estimate of drug-likeness (QED) is 0.680. The maximum Gasteiger partial charge on any atom is 0.323 e. The first-order chi connectivity index (χ1) is 6.00. The molecule has 5 nitrogen and oxygen atoms in total. The molecule has 1 N–H and O–H groups in total. The normalized spacial score (nSPS) is 17.9. The van der Waals surface area contributed by atoms with E-state index < -0.39 is 5.97 Å². The third-order valence-corrected chi connectivity index (χ3v) is 2.93. The molecule has 1 saturated heterocycles. The number of hydrogen-bond acceptors (Lipinski definition) is 4. The molecule has 0 unspecified atom stereocenters. The monoisotopic (exact) mass is 220 g/mol. The number of thioether (sulfide) groups is 1. The maximum atomic E-state index is 11.2. The Labute approximate surface area is 84.7 Å². The van der Waals surface area contributed by atoms with Crippen LogP contribution in [0.25, 0.3) is 0 Å². The van der Waals surface area contributed by atoms with Crippen LogP contribution < -0.4 is 0 Å². The van der Waals surface area contributed by atoms with Crippen LogP contribution in [0.2, 0.25) is 0 Å². The van der Waals surface area contributed by atoms with Crippen LogP contribution in [0.4, 0.5) is 4.79 Å². The smallest absolute Gasteiger partial charge is 0.323 e. The van der Waals surface area contributed by atoms with Crippen LogP contribution in [0.15, 0.2) is 0 Å². The molecule has 0 aliphatic carbocycles. The largest absolute Gasteiger partial charge is 0.480 e. The third kappa shape index (κ3) is 2.56. The highest BCUT2D eigenvalue weighted by molar-refractivity contribution is 8.32. The van der Waals surface area contributed by atoms with Gasteiger partial charge in [-0.25, -0.2) is 0 Å². The van der Waals surface area contributed by atoms with Crippen molar-refractivity contribution in [2.24, 2.45) is 0 Å². The summed E-state index contributed by atoms with van der Waals surface area (Å²) in [5.74, 6) is -1.02. The van der Waals surface area contributed by atoms with E-state index in [1.54, 1.807) is 11.9 Å². The first-order valence-corrected chi connectivity index (χ1v) is 4.67. The van der Waals surface area contributed by atoms with Crippen LogP contribution in [0.1, 0.15) is 0 Å². The van der Waals surface area contributed by atoms with Gasteiger partial charge >= 0.3 is 5.97 Å². The number of carbonyl (C=O) groups excluding carboxylic acids is 1. The van der Waals surface area contributed by atoms with Gasteiger partial charge in [0.15, 0.2) is 0 Å². The minimum absolute atomic E-state index is 0.247. The fourth-order valence-electron chi connectivity index (χ4n) is 0.867. The molecule has 0 bridgehead atoms. The predicted molar refractivity (Wildman–Crippen MR) is 52.6 cm³/mol. The average Bonchev–Trinajstić information content (AvgIpc) is 1.99. The van der Waals surface area contributed by atoms with Crippen molar-refractivity contribution in [3.05, 3.63) is 0 Å². The van der Waals surface area contributed by atoms with Crippen molar-refractivity contribution < 1.29 is 14.7 Å². The van der Waals surface area contributed by atoms with Crippen molar-refractivity contribution in [2.45, 2.75) is 0 Å². The number of hydrogen-bond donors (Lipinski definition) is 1. The summed E-state index contributed by atoms with van der Waals surface area (Å²) in [4.78, 5) is 24.4. The predicted octanol–water partition coefficient (Wildman–Crippen LogP) is 0.414. The summed E-state index contributed by atoms with van der Waals surface area (Å²) in [6, 6.07) is 0. The lowest BCUT2D eigenvalue weighted by Gasteiger charge is -2.32. The lowest BCUT2D eigenvalue weighted by molar-refractivity contribution is -0.137. The van der Waals surface area contributed by atoms with Crippen molar-refractivity contribution in [1.82, 2.24) is 9.80 Å². The van der Waals surface area contributed by atoms with Gasteiger partial charge in [-0.05, 0) is 0 Å². The van der Waals surface area contributed by atoms with E-state index in [1.807, 2.05) is 0 Å². The molecule has 0 saturated carbocycles. The van der Waals surface area contributed by atoms with Crippen molar-refractivity contribution in [1.29, 1.82) is 0 Å². The van der Waals surface area contributed by atoms with E-state index in [9.17, 15) is 9.59 Å². The van der Waals surface area contributed by atoms with Crippen LogP contribution in [0.3, 0.4) is 0 Å². The second kappa shape index (κ2) is 3.93. The summed E-state index contributed by atoms with van der Waals surface area (Å²) in [5.41, 5.74) is 0. The molecule has 0 atom stereocenters. The molecule has 1 aliphatic heterocycles. The molecule has 13 heavy (non-hydrogen) atoms. The van der Waals surface area contributed by atoms with Gasteiger partial charge in [-0.1, -0.05) is 12.2 Å². The maximum absolute atomic E-state index is 11.2. The molecule has 0 radical (unpaired) electrons. The Bertz CT molecular complexity index is 269. The van der Waals surface area contributed by atoms with E-state index in [-0.39, 0.29) is 18.5 Å². The summed E-state index contributed by atoms with van der Waals surface area (Å²) in [6.45, 7) is -0.0320. The van der Waals surface area contributed by atoms with Gasteiger partial charge < -0.3 is 14.9 Å². The number of aliphatic carboxylic acids is 1. The Morgan fingerprint density at radius 3 is 2.92 bits per heavy atom. The van der Waals surface area contributed by atoms with Gasteiger partial charge in [0.05, 0.1) is 6.67 Å². The van der Waals surface area contributed by atoms with E-state index in [0.717, 1.165) is 11.8 Å². The van der Waals surface area contributed by atoms with Crippen molar-refractivity contribution in [3.8, 4) is 0 Å². The Hall–Kier alpha value is -0.820. The first kappa shape index (κ1) is 10.3. The van der Waals surface area contributed by atoms with Crippen LogP contribution in [-0.4, -0.2) is 50.7 Å². The van der Waals surface area contributed by atoms with Crippen molar-refractivity contribution in [3.63, 3.8) is 0 Å². The second-order valence-corrected chi connectivity index (χ2v) is 4.15. The molecule has 1 amide bonds. The highest BCUT2D eigenvalue weighted by Gasteiger charge is 2.27. The minimum atomic E-state index is -1.02. The van der Waals surface area contributed by atoms with Crippen LogP contribution in [0.5, 0.6) is 0 Å². The third-order valence-electron chi connectivity index (χ3n) is 1.45. The Balaban J connectivity index is 2.61. The summed E-state index contributed by atoms with van der Waals surface area (Å²) < 4.78 is 0.478. The molecule has 1 heterocycles. The average molecular weight is 220 g/mol. The van der Waals surface area contributed by atoms with Crippen LogP contribution >= 0.6 is 24.0 Å². The first-order valence-electron chi connectivity index (χ1n) is 3.44. The Morgan fingerprint density at radius 1 is 1.77 bits per heavy atom. The van der Waals surface area contributed by atoms with E-state index >= 15 is 0 Å². The molecule has 1 fully saturated rings. The molecular weight excluding hydrogens is 212 g/mol. The molecule has 1 aliphatic rings. The summed E-state index contributed by atoms with van der Waals surface area (Å²) >= 11 is 5.75. The van der Waals surface area contributed by atoms with E-state index in [2.05, 4.69) is 0 Å². The molecule has 72 valence electrons. The lowest BCUT2D eigenvalue weighted by atomic mass is 10.6. The highest BCUT2D eigenvalue weighted by atomic mass is 32.2.